The molecule has 0 aromatic rings. The Morgan fingerprint density at radius 2 is 1.57 bits per heavy atom. The van der Waals surface area contributed by atoms with Crippen LogP contribution < -0.4 is 0 Å². The van der Waals surface area contributed by atoms with E-state index in [2.05, 4.69) is 30.6 Å². The van der Waals surface area contributed by atoms with Gasteiger partial charge in [-0.2, -0.15) is 0 Å². The van der Waals surface area contributed by atoms with E-state index in [0.717, 1.165) is 13.0 Å². The molecule has 1 aliphatic heterocycles. The van der Waals surface area contributed by atoms with Gasteiger partial charge in [-0.1, -0.05) is 0 Å². The van der Waals surface area contributed by atoms with E-state index in [0.29, 0.717) is 6.61 Å². The Morgan fingerprint density at radius 3 is 2.04 bits per heavy atom. The molecule has 0 aromatic heterocycles. The molecule has 0 bridgehead atoms. The molecule has 1 fully saturated rings. The summed E-state index contributed by atoms with van der Waals surface area (Å²) in [4.78, 5) is 0. The first-order valence-electron chi connectivity index (χ1n) is 9.99. The standard InChI is InChI=1S/C8H11O2.3C4H9.Sn/c1-2-6-9-8-5-3-4-7-10-8;3*1-3-4-2;/h8H,3-7H2;3*1,3-4H2,2H3;/t8-;;;;/m1..../s1. The summed E-state index contributed by atoms with van der Waals surface area (Å²) >= 11 is -2.27. The van der Waals surface area contributed by atoms with E-state index in [-0.39, 0.29) is 6.29 Å². The topological polar surface area (TPSA) is 18.5 Å². The molecule has 0 aliphatic carbocycles. The van der Waals surface area contributed by atoms with E-state index in [9.17, 15) is 0 Å². The average Bonchev–Trinajstić information content (AvgIpc) is 2.60. The molecule has 1 heterocycles. The molecule has 0 spiro atoms. The van der Waals surface area contributed by atoms with Crippen molar-refractivity contribution >= 4 is 18.4 Å². The van der Waals surface area contributed by atoms with Crippen LogP contribution in [0.2, 0.25) is 13.3 Å². The van der Waals surface area contributed by atoms with Crippen LogP contribution in [0.15, 0.2) is 0 Å². The van der Waals surface area contributed by atoms with E-state index in [4.69, 9.17) is 9.47 Å². The molecule has 0 N–H and O–H groups in total. The molecule has 0 aromatic carbocycles. The van der Waals surface area contributed by atoms with E-state index in [1.807, 2.05) is 0 Å². The minimum absolute atomic E-state index is 0.00424. The third kappa shape index (κ3) is 9.36. The van der Waals surface area contributed by atoms with E-state index < -0.39 is 18.4 Å². The van der Waals surface area contributed by atoms with E-state index in [1.54, 1.807) is 0 Å². The zero-order chi connectivity index (χ0) is 16.8. The van der Waals surface area contributed by atoms with Crippen LogP contribution in [0.5, 0.6) is 0 Å². The Labute approximate surface area is 149 Å². The molecule has 1 saturated heterocycles. The fraction of sp³-hybridized carbons (Fsp3) is 0.900. The molecule has 0 radical (unpaired) electrons. The monoisotopic (exact) mass is 430 g/mol. The van der Waals surface area contributed by atoms with Gasteiger partial charge in [-0.3, -0.25) is 0 Å². The molecule has 0 amide bonds. The quantitative estimate of drug-likeness (QED) is 0.300. The fourth-order valence-corrected chi connectivity index (χ4v) is 16.6. The Hall–Kier alpha value is 0.279. The van der Waals surface area contributed by atoms with Crippen molar-refractivity contribution in [1.82, 2.24) is 0 Å². The van der Waals surface area contributed by atoms with Gasteiger partial charge in [-0.25, -0.2) is 0 Å². The number of rotatable bonds is 11. The van der Waals surface area contributed by atoms with Gasteiger partial charge < -0.3 is 0 Å². The van der Waals surface area contributed by atoms with E-state index in [1.165, 1.54) is 64.7 Å². The van der Waals surface area contributed by atoms with Crippen molar-refractivity contribution in [3.63, 3.8) is 0 Å². The Balaban J connectivity index is 2.58. The van der Waals surface area contributed by atoms with Gasteiger partial charge in [-0.15, -0.1) is 0 Å². The Bertz CT molecular complexity index is 318. The summed E-state index contributed by atoms with van der Waals surface area (Å²) in [6, 6.07) is 0. The first kappa shape index (κ1) is 21.3. The van der Waals surface area contributed by atoms with E-state index >= 15 is 0 Å². The van der Waals surface area contributed by atoms with Crippen molar-refractivity contribution in [1.29, 1.82) is 0 Å². The second-order valence-corrected chi connectivity index (χ2v) is 19.3. The zero-order valence-electron chi connectivity index (χ0n) is 15.8. The van der Waals surface area contributed by atoms with Crippen LogP contribution >= 0.6 is 0 Å². The summed E-state index contributed by atoms with van der Waals surface area (Å²) in [5.41, 5.74) is 0. The molecular formula is C20H38O2Sn. The van der Waals surface area contributed by atoms with Gasteiger partial charge in [0.2, 0.25) is 0 Å². The predicted octanol–water partition coefficient (Wildman–Crippen LogP) is 5.92. The summed E-state index contributed by atoms with van der Waals surface area (Å²) < 4.78 is 19.7. The van der Waals surface area contributed by atoms with Gasteiger partial charge >= 0.3 is 149 Å². The average molecular weight is 429 g/mol. The summed E-state index contributed by atoms with van der Waals surface area (Å²) in [5.74, 6) is 3.44. The molecule has 23 heavy (non-hydrogen) atoms. The first-order valence-corrected chi connectivity index (χ1v) is 17.5. The number of hydrogen-bond acceptors (Lipinski definition) is 2. The SMILES string of the molecule is CCC[CH2][Sn]([C]#CCO[C@H]1CCCCO1)([CH2]CCC)[CH2]CCC. The normalized spacial score (nSPS) is 18.5. The van der Waals surface area contributed by atoms with Gasteiger partial charge in [-0.05, 0) is 0 Å². The molecule has 1 rings (SSSR count). The molecule has 0 unspecified atom stereocenters. The maximum absolute atomic E-state index is 5.83. The van der Waals surface area contributed by atoms with Crippen molar-refractivity contribution in [2.75, 3.05) is 13.2 Å². The number of ether oxygens (including phenoxy) is 2. The number of unbranched alkanes of at least 4 members (excludes halogenated alkanes) is 3. The second-order valence-electron chi connectivity index (χ2n) is 7.00. The Morgan fingerprint density at radius 1 is 0.957 bits per heavy atom. The Kier molecular flexibility index (Phi) is 12.6. The van der Waals surface area contributed by atoms with Crippen LogP contribution in [0.4, 0.5) is 0 Å². The van der Waals surface area contributed by atoms with Crippen LogP contribution in [-0.2, 0) is 9.47 Å². The molecule has 0 saturated carbocycles. The minimum atomic E-state index is -2.27. The van der Waals surface area contributed by atoms with Crippen LogP contribution in [0.3, 0.4) is 0 Å². The van der Waals surface area contributed by atoms with Gasteiger partial charge in [0, 0.05) is 0 Å². The van der Waals surface area contributed by atoms with Crippen molar-refractivity contribution in [2.24, 2.45) is 0 Å². The molecule has 1 aliphatic rings. The first-order chi connectivity index (χ1) is 11.3. The molecule has 2 nitrogen and oxygen atoms in total. The zero-order valence-corrected chi connectivity index (χ0v) is 18.6. The van der Waals surface area contributed by atoms with Crippen molar-refractivity contribution in [3.05, 3.63) is 0 Å². The third-order valence-electron chi connectivity index (χ3n) is 4.86. The number of hydrogen-bond donors (Lipinski definition) is 0. The molecule has 3 heteroatoms. The molecular weight excluding hydrogens is 391 g/mol. The van der Waals surface area contributed by atoms with Gasteiger partial charge in [0.05, 0.1) is 0 Å². The van der Waals surface area contributed by atoms with Crippen LogP contribution in [0.1, 0.15) is 78.6 Å². The summed E-state index contributed by atoms with van der Waals surface area (Å²) in [5, 5.41) is 0. The fourth-order valence-electron chi connectivity index (χ4n) is 3.31. The third-order valence-corrected chi connectivity index (χ3v) is 18.1. The summed E-state index contributed by atoms with van der Waals surface area (Å²) in [6.07, 6.45) is 11.5. The van der Waals surface area contributed by atoms with Gasteiger partial charge in [0.15, 0.2) is 0 Å². The molecule has 1 atom stereocenters. The predicted molar refractivity (Wildman–Crippen MR) is 102 cm³/mol. The second kappa shape index (κ2) is 13.6. The van der Waals surface area contributed by atoms with Crippen molar-refractivity contribution in [2.45, 2.75) is 98.2 Å². The van der Waals surface area contributed by atoms with Crippen LogP contribution in [0.25, 0.3) is 0 Å². The van der Waals surface area contributed by atoms with Crippen LogP contribution in [0, 0.1) is 9.86 Å². The summed E-state index contributed by atoms with van der Waals surface area (Å²) in [6.45, 7) is 8.37. The van der Waals surface area contributed by atoms with Crippen LogP contribution in [-0.4, -0.2) is 37.9 Å². The molecule has 134 valence electrons. The summed E-state index contributed by atoms with van der Waals surface area (Å²) in [7, 11) is 0. The maximum atomic E-state index is 5.83. The van der Waals surface area contributed by atoms with Crippen molar-refractivity contribution in [3.8, 4) is 9.86 Å². The van der Waals surface area contributed by atoms with Gasteiger partial charge in [0.25, 0.3) is 0 Å². The van der Waals surface area contributed by atoms with Crippen molar-refractivity contribution < 1.29 is 9.47 Å². The van der Waals surface area contributed by atoms with Gasteiger partial charge in [0.1, 0.15) is 0 Å².